The average Bonchev–Trinajstić information content (AvgIpc) is 2.75. The molecule has 1 aliphatic heterocycles. The third-order valence-electron chi connectivity index (χ3n) is 3.52. The minimum Gasteiger partial charge on any atom is -0.339 e. The third kappa shape index (κ3) is 2.91. The molecule has 2 heterocycles. The minimum absolute atomic E-state index is 0.0241. The van der Waals surface area contributed by atoms with Crippen molar-refractivity contribution in [3.63, 3.8) is 0 Å². The molecule has 5 heteroatoms. The van der Waals surface area contributed by atoms with Gasteiger partial charge in [-0.1, -0.05) is 0 Å². The summed E-state index contributed by atoms with van der Waals surface area (Å²) < 4.78 is 0. The number of carbonyl (C=O) groups is 1. The molecule has 1 amide bonds. The van der Waals surface area contributed by atoms with Gasteiger partial charge in [0, 0.05) is 31.6 Å². The quantitative estimate of drug-likeness (QED) is 0.884. The molecular weight excluding hydrogens is 246 g/mol. The molecule has 1 aliphatic rings. The summed E-state index contributed by atoms with van der Waals surface area (Å²) in [5.74, 6) is 0.206. The first-order chi connectivity index (χ1) is 8.59. The highest BCUT2D eigenvalue weighted by Gasteiger charge is 2.28. The first kappa shape index (κ1) is 13.5. The summed E-state index contributed by atoms with van der Waals surface area (Å²) in [5, 5.41) is 5.37. The lowest BCUT2D eigenvalue weighted by Gasteiger charge is -2.34. The standard InChI is InChI=1S/C13H21N3OS/c1-10-4-7-18-12(10)9-16(3)13(17)11-8-14-5-6-15(11)2/h4,7,11,14H,5-6,8-9H2,1-3H3. The minimum atomic E-state index is -0.0241. The number of aryl methyl sites for hydroxylation is 1. The van der Waals surface area contributed by atoms with E-state index >= 15 is 0 Å². The molecule has 4 nitrogen and oxygen atoms in total. The van der Waals surface area contributed by atoms with Gasteiger partial charge in [0.1, 0.15) is 6.04 Å². The van der Waals surface area contributed by atoms with Gasteiger partial charge in [-0.15, -0.1) is 11.3 Å². The molecule has 0 radical (unpaired) electrons. The predicted octanol–water partition coefficient (Wildman–Crippen LogP) is 0.919. The van der Waals surface area contributed by atoms with E-state index in [1.54, 1.807) is 11.3 Å². The highest BCUT2D eigenvalue weighted by Crippen LogP contribution is 2.18. The van der Waals surface area contributed by atoms with Gasteiger partial charge in [-0.25, -0.2) is 0 Å². The molecule has 18 heavy (non-hydrogen) atoms. The fourth-order valence-electron chi connectivity index (χ4n) is 2.20. The number of piperazine rings is 1. The lowest BCUT2D eigenvalue weighted by atomic mass is 10.1. The van der Waals surface area contributed by atoms with Crippen molar-refractivity contribution in [1.29, 1.82) is 0 Å². The van der Waals surface area contributed by atoms with E-state index in [0.717, 1.165) is 19.6 Å². The Bertz CT molecular complexity index is 418. The smallest absolute Gasteiger partial charge is 0.241 e. The summed E-state index contributed by atoms with van der Waals surface area (Å²) in [6.45, 7) is 5.46. The first-order valence-corrected chi connectivity index (χ1v) is 7.16. The molecule has 0 spiro atoms. The topological polar surface area (TPSA) is 35.6 Å². The van der Waals surface area contributed by atoms with E-state index in [0.29, 0.717) is 6.54 Å². The van der Waals surface area contributed by atoms with Crippen LogP contribution in [0.4, 0.5) is 0 Å². The Kier molecular flexibility index (Phi) is 4.37. The van der Waals surface area contributed by atoms with E-state index in [1.807, 2.05) is 19.0 Å². The summed E-state index contributed by atoms with van der Waals surface area (Å²) in [7, 11) is 3.91. The van der Waals surface area contributed by atoms with Gasteiger partial charge in [0.15, 0.2) is 0 Å². The molecule has 0 aliphatic carbocycles. The highest BCUT2D eigenvalue weighted by molar-refractivity contribution is 7.10. The largest absolute Gasteiger partial charge is 0.339 e. The number of carbonyl (C=O) groups excluding carboxylic acids is 1. The van der Waals surface area contributed by atoms with E-state index in [9.17, 15) is 4.79 Å². The lowest BCUT2D eigenvalue weighted by molar-refractivity contribution is -0.136. The molecule has 0 aromatic carbocycles. The zero-order chi connectivity index (χ0) is 13.1. The van der Waals surface area contributed by atoms with Gasteiger partial charge >= 0.3 is 0 Å². The van der Waals surface area contributed by atoms with Gasteiger partial charge in [0.05, 0.1) is 6.54 Å². The van der Waals surface area contributed by atoms with Gasteiger partial charge in [0.2, 0.25) is 5.91 Å². The average molecular weight is 267 g/mol. The maximum atomic E-state index is 12.4. The van der Waals surface area contributed by atoms with Crippen LogP contribution in [0.5, 0.6) is 0 Å². The van der Waals surface area contributed by atoms with Gasteiger partial charge < -0.3 is 10.2 Å². The number of nitrogens with zero attached hydrogens (tertiary/aromatic N) is 2. The van der Waals surface area contributed by atoms with Crippen LogP contribution in [0.25, 0.3) is 0 Å². The molecule has 1 aromatic heterocycles. The van der Waals surface area contributed by atoms with E-state index in [4.69, 9.17) is 0 Å². The number of likely N-dealkylation sites (N-methyl/N-ethyl adjacent to an activating group) is 2. The van der Waals surface area contributed by atoms with Gasteiger partial charge in [0.25, 0.3) is 0 Å². The molecule has 100 valence electrons. The van der Waals surface area contributed by atoms with Crippen molar-refractivity contribution in [2.24, 2.45) is 0 Å². The molecule has 1 unspecified atom stereocenters. The van der Waals surface area contributed by atoms with Crippen molar-refractivity contribution in [3.05, 3.63) is 21.9 Å². The Labute approximate surface area is 113 Å². The fourth-order valence-corrected chi connectivity index (χ4v) is 3.15. The summed E-state index contributed by atoms with van der Waals surface area (Å²) in [6.07, 6.45) is 0. The Morgan fingerprint density at radius 1 is 1.67 bits per heavy atom. The van der Waals surface area contributed by atoms with Crippen molar-refractivity contribution >= 4 is 17.2 Å². The van der Waals surface area contributed by atoms with Gasteiger partial charge in [-0.3, -0.25) is 9.69 Å². The van der Waals surface area contributed by atoms with Gasteiger partial charge in [-0.2, -0.15) is 0 Å². The summed E-state index contributed by atoms with van der Waals surface area (Å²) >= 11 is 1.72. The number of nitrogens with one attached hydrogen (secondary N) is 1. The van der Waals surface area contributed by atoms with Crippen LogP contribution in [0, 0.1) is 6.92 Å². The van der Waals surface area contributed by atoms with Crippen molar-refractivity contribution in [2.75, 3.05) is 33.7 Å². The maximum absolute atomic E-state index is 12.4. The maximum Gasteiger partial charge on any atom is 0.241 e. The predicted molar refractivity (Wildman–Crippen MR) is 74.8 cm³/mol. The molecule has 1 fully saturated rings. The third-order valence-corrected chi connectivity index (χ3v) is 4.53. The second-order valence-electron chi connectivity index (χ2n) is 4.92. The Morgan fingerprint density at radius 3 is 3.06 bits per heavy atom. The normalized spacial score (nSPS) is 20.9. The first-order valence-electron chi connectivity index (χ1n) is 6.28. The second-order valence-corrected chi connectivity index (χ2v) is 5.92. The molecule has 0 saturated carbocycles. The van der Waals surface area contributed by atoms with Crippen LogP contribution in [0.3, 0.4) is 0 Å². The zero-order valence-corrected chi connectivity index (χ0v) is 12.1. The van der Waals surface area contributed by atoms with Crippen LogP contribution in [-0.2, 0) is 11.3 Å². The molecule has 2 rings (SSSR count). The Balaban J connectivity index is 1.98. The number of amides is 1. The van der Waals surface area contributed by atoms with E-state index in [1.165, 1.54) is 10.4 Å². The summed E-state index contributed by atoms with van der Waals surface area (Å²) in [6, 6.07) is 2.08. The molecule has 1 N–H and O–H groups in total. The van der Waals surface area contributed by atoms with Gasteiger partial charge in [-0.05, 0) is 31.0 Å². The molecular formula is C13H21N3OS. The van der Waals surface area contributed by atoms with Crippen molar-refractivity contribution < 1.29 is 4.79 Å². The van der Waals surface area contributed by atoms with E-state index < -0.39 is 0 Å². The molecule has 1 atom stereocenters. The van der Waals surface area contributed by atoms with Crippen LogP contribution in [0.1, 0.15) is 10.4 Å². The van der Waals surface area contributed by atoms with Crippen LogP contribution in [0.15, 0.2) is 11.4 Å². The van der Waals surface area contributed by atoms with Crippen molar-refractivity contribution in [2.45, 2.75) is 19.5 Å². The van der Waals surface area contributed by atoms with Crippen LogP contribution < -0.4 is 5.32 Å². The summed E-state index contributed by atoms with van der Waals surface area (Å²) in [5.41, 5.74) is 1.27. The van der Waals surface area contributed by atoms with E-state index in [-0.39, 0.29) is 11.9 Å². The fraction of sp³-hybridized carbons (Fsp3) is 0.615. The zero-order valence-electron chi connectivity index (χ0n) is 11.3. The Hall–Kier alpha value is -0.910. The molecule has 1 saturated heterocycles. The van der Waals surface area contributed by atoms with E-state index in [2.05, 4.69) is 28.6 Å². The monoisotopic (exact) mass is 267 g/mol. The van der Waals surface area contributed by atoms with Crippen LogP contribution in [-0.4, -0.2) is 55.5 Å². The number of thiophene rings is 1. The van der Waals surface area contributed by atoms with Crippen molar-refractivity contribution in [1.82, 2.24) is 15.1 Å². The lowest BCUT2D eigenvalue weighted by Crippen LogP contribution is -2.56. The van der Waals surface area contributed by atoms with Crippen molar-refractivity contribution in [3.8, 4) is 0 Å². The molecule has 0 bridgehead atoms. The summed E-state index contributed by atoms with van der Waals surface area (Å²) in [4.78, 5) is 17.6. The molecule has 1 aromatic rings. The number of hydrogen-bond acceptors (Lipinski definition) is 4. The Morgan fingerprint density at radius 2 is 2.44 bits per heavy atom. The van der Waals surface area contributed by atoms with Crippen LogP contribution in [0.2, 0.25) is 0 Å². The second kappa shape index (κ2) is 5.82. The van der Waals surface area contributed by atoms with Crippen LogP contribution >= 0.6 is 11.3 Å². The number of rotatable bonds is 3. The highest BCUT2D eigenvalue weighted by atomic mass is 32.1. The number of hydrogen-bond donors (Lipinski definition) is 1. The SMILES string of the molecule is Cc1ccsc1CN(C)C(=O)C1CNCCN1C.